The Morgan fingerprint density at radius 3 is 2.70 bits per heavy atom. The molecule has 3 aliphatic heterocycles. The maximum atomic E-state index is 13.4. The minimum absolute atomic E-state index is 0.143. The molecule has 30 heavy (non-hydrogen) atoms. The number of benzene rings is 3. The lowest BCUT2D eigenvalue weighted by molar-refractivity contribution is -0.161. The van der Waals surface area contributed by atoms with Crippen LogP contribution in [-0.2, 0) is 10.5 Å². The first-order valence-electron chi connectivity index (χ1n) is 9.91. The van der Waals surface area contributed by atoms with Gasteiger partial charge in [-0.3, -0.25) is 4.79 Å². The molecule has 3 heterocycles. The summed E-state index contributed by atoms with van der Waals surface area (Å²) in [6, 6.07) is 23.3. The van der Waals surface area contributed by atoms with Crippen LogP contribution >= 0.6 is 0 Å². The Balaban J connectivity index is 1.60. The van der Waals surface area contributed by atoms with Crippen molar-refractivity contribution in [2.24, 2.45) is 5.10 Å². The van der Waals surface area contributed by atoms with Gasteiger partial charge in [-0.05, 0) is 17.7 Å². The van der Waals surface area contributed by atoms with Gasteiger partial charge in [0.1, 0.15) is 0 Å². The topological polar surface area (TPSA) is 63.2 Å². The minimum Gasteiger partial charge on any atom is -0.493 e. The predicted octanol–water partition coefficient (Wildman–Crippen LogP) is 4.04. The van der Waals surface area contributed by atoms with Crippen LogP contribution < -0.4 is 14.8 Å². The maximum absolute atomic E-state index is 13.4. The zero-order valence-corrected chi connectivity index (χ0v) is 16.3. The average molecular weight is 397 g/mol. The monoisotopic (exact) mass is 397 g/mol. The molecule has 0 fully saturated rings. The fraction of sp³-hybridized carbons (Fsp3) is 0.167. The summed E-state index contributed by atoms with van der Waals surface area (Å²) in [7, 11) is 1.61. The number of nitrogens with one attached hydrogen (secondary N) is 1. The predicted molar refractivity (Wildman–Crippen MR) is 113 cm³/mol. The maximum Gasteiger partial charge on any atom is 0.306 e. The second kappa shape index (κ2) is 6.10. The van der Waals surface area contributed by atoms with Gasteiger partial charge in [0.25, 0.3) is 5.91 Å². The summed E-state index contributed by atoms with van der Waals surface area (Å²) in [6.07, 6.45) is 0.671. The van der Waals surface area contributed by atoms with E-state index in [2.05, 4.69) is 5.32 Å². The molecule has 0 saturated carbocycles. The summed E-state index contributed by atoms with van der Waals surface area (Å²) in [5.41, 5.74) is 3.05. The molecule has 1 amide bonds. The van der Waals surface area contributed by atoms with Crippen molar-refractivity contribution in [1.29, 1.82) is 0 Å². The Morgan fingerprint density at radius 2 is 1.87 bits per heavy atom. The summed E-state index contributed by atoms with van der Waals surface area (Å²) in [6.45, 7) is 0. The Hall–Kier alpha value is -3.80. The number of methoxy groups -OCH3 is 1. The largest absolute Gasteiger partial charge is 0.493 e. The number of hydrogen-bond acceptors (Lipinski definition) is 5. The molecule has 6 rings (SSSR count). The van der Waals surface area contributed by atoms with Crippen LogP contribution in [0.1, 0.15) is 29.2 Å². The highest BCUT2D eigenvalue weighted by Crippen LogP contribution is 2.56. The number of hydrogen-bond donors (Lipinski definition) is 1. The van der Waals surface area contributed by atoms with Crippen LogP contribution in [0.25, 0.3) is 0 Å². The van der Waals surface area contributed by atoms with E-state index in [9.17, 15) is 4.79 Å². The van der Waals surface area contributed by atoms with E-state index in [4.69, 9.17) is 14.6 Å². The SMILES string of the molecule is COc1cccc2c1O[C@]1(C(=O)Nc3ccccc31)N1N=C(c3ccccc3)C[C@@H]21. The molecule has 6 heteroatoms. The highest BCUT2D eigenvalue weighted by Gasteiger charge is 2.61. The summed E-state index contributed by atoms with van der Waals surface area (Å²) < 4.78 is 12.1. The number of ether oxygens (including phenoxy) is 2. The lowest BCUT2D eigenvalue weighted by Gasteiger charge is -2.44. The first kappa shape index (κ1) is 17.1. The van der Waals surface area contributed by atoms with Crippen molar-refractivity contribution in [3.63, 3.8) is 0 Å². The average Bonchev–Trinajstić information content (AvgIpc) is 3.35. The lowest BCUT2D eigenvalue weighted by atomic mass is 9.92. The van der Waals surface area contributed by atoms with Crippen LogP contribution in [0.2, 0.25) is 0 Å². The molecule has 6 nitrogen and oxygen atoms in total. The Labute approximate surface area is 173 Å². The number of fused-ring (bicyclic) bond motifs is 6. The molecule has 0 aliphatic carbocycles. The zero-order chi connectivity index (χ0) is 20.3. The number of anilines is 1. The van der Waals surface area contributed by atoms with E-state index >= 15 is 0 Å². The first-order valence-corrected chi connectivity index (χ1v) is 9.91. The van der Waals surface area contributed by atoms with Crippen molar-refractivity contribution in [2.75, 3.05) is 12.4 Å². The molecular formula is C24H19N3O3. The number of para-hydroxylation sites is 2. The standard InChI is InChI=1S/C24H19N3O3/c1-29-21-13-7-10-16-20-14-19(15-8-3-2-4-9-15)26-27(20)24(30-22(16)21)17-11-5-6-12-18(17)25-23(24)28/h2-13,20H,14H2,1H3,(H,25,28)/t20-,24+/m0/s1. The molecule has 1 N–H and O–H groups in total. The van der Waals surface area contributed by atoms with E-state index in [0.29, 0.717) is 17.9 Å². The summed E-state index contributed by atoms with van der Waals surface area (Å²) >= 11 is 0. The van der Waals surface area contributed by atoms with Gasteiger partial charge >= 0.3 is 5.72 Å². The normalized spacial score (nSPS) is 23.2. The van der Waals surface area contributed by atoms with E-state index in [1.165, 1.54) is 0 Å². The van der Waals surface area contributed by atoms with Crippen LogP contribution in [0.5, 0.6) is 11.5 Å². The van der Waals surface area contributed by atoms with Gasteiger partial charge in [-0.1, -0.05) is 60.7 Å². The number of carbonyl (C=O) groups is 1. The molecule has 3 aromatic carbocycles. The second-order valence-corrected chi connectivity index (χ2v) is 7.60. The van der Waals surface area contributed by atoms with Crippen molar-refractivity contribution in [1.82, 2.24) is 5.01 Å². The van der Waals surface area contributed by atoms with E-state index in [0.717, 1.165) is 28.1 Å². The van der Waals surface area contributed by atoms with Gasteiger partial charge in [0.2, 0.25) is 0 Å². The number of nitrogens with zero attached hydrogens (tertiary/aromatic N) is 2. The van der Waals surface area contributed by atoms with Gasteiger partial charge in [0, 0.05) is 12.0 Å². The van der Waals surface area contributed by atoms with Crippen LogP contribution in [0.15, 0.2) is 77.9 Å². The fourth-order valence-corrected chi connectivity index (χ4v) is 4.65. The van der Waals surface area contributed by atoms with Crippen LogP contribution in [-0.4, -0.2) is 23.7 Å². The molecule has 0 radical (unpaired) electrons. The molecular weight excluding hydrogens is 378 g/mol. The zero-order valence-electron chi connectivity index (χ0n) is 16.3. The molecule has 2 atom stereocenters. The van der Waals surface area contributed by atoms with E-state index in [1.54, 1.807) is 7.11 Å². The quantitative estimate of drug-likeness (QED) is 0.709. The van der Waals surface area contributed by atoms with Crippen molar-refractivity contribution < 1.29 is 14.3 Å². The number of amides is 1. The molecule has 0 bridgehead atoms. The number of hydrazone groups is 1. The molecule has 1 spiro atoms. The van der Waals surface area contributed by atoms with Crippen LogP contribution in [0.4, 0.5) is 5.69 Å². The summed E-state index contributed by atoms with van der Waals surface area (Å²) in [5, 5.41) is 9.75. The fourth-order valence-electron chi connectivity index (χ4n) is 4.65. The van der Waals surface area contributed by atoms with Crippen LogP contribution in [0.3, 0.4) is 0 Å². The van der Waals surface area contributed by atoms with Gasteiger partial charge in [0.05, 0.1) is 30.1 Å². The van der Waals surface area contributed by atoms with Gasteiger partial charge in [0.15, 0.2) is 11.5 Å². The summed E-state index contributed by atoms with van der Waals surface area (Å²) in [5.74, 6) is 0.956. The molecule has 3 aliphatic rings. The Morgan fingerprint density at radius 1 is 1.07 bits per heavy atom. The highest BCUT2D eigenvalue weighted by atomic mass is 16.6. The Kier molecular flexibility index (Phi) is 3.47. The number of rotatable bonds is 2. The van der Waals surface area contributed by atoms with Gasteiger partial charge in [-0.25, -0.2) is 5.01 Å². The molecule has 0 saturated heterocycles. The van der Waals surface area contributed by atoms with E-state index in [-0.39, 0.29) is 11.9 Å². The first-order chi connectivity index (χ1) is 14.7. The van der Waals surface area contributed by atoms with Crippen molar-refractivity contribution >= 4 is 17.3 Å². The third-order valence-electron chi connectivity index (χ3n) is 6.03. The summed E-state index contributed by atoms with van der Waals surface area (Å²) in [4.78, 5) is 13.4. The smallest absolute Gasteiger partial charge is 0.306 e. The lowest BCUT2D eigenvalue weighted by Crippen LogP contribution is -2.55. The molecule has 0 unspecified atom stereocenters. The Bertz CT molecular complexity index is 1210. The molecule has 148 valence electrons. The molecule has 3 aromatic rings. The third kappa shape index (κ3) is 2.13. The van der Waals surface area contributed by atoms with E-state index in [1.807, 2.05) is 77.8 Å². The van der Waals surface area contributed by atoms with Crippen molar-refractivity contribution in [2.45, 2.75) is 18.2 Å². The van der Waals surface area contributed by atoms with Gasteiger partial charge in [-0.15, -0.1) is 0 Å². The van der Waals surface area contributed by atoms with Crippen molar-refractivity contribution in [3.8, 4) is 11.5 Å². The van der Waals surface area contributed by atoms with E-state index < -0.39 is 5.72 Å². The highest BCUT2D eigenvalue weighted by molar-refractivity contribution is 6.07. The van der Waals surface area contributed by atoms with Gasteiger partial charge < -0.3 is 14.8 Å². The minimum atomic E-state index is -1.38. The van der Waals surface area contributed by atoms with Crippen LogP contribution in [0, 0.1) is 0 Å². The second-order valence-electron chi connectivity index (χ2n) is 7.60. The third-order valence-corrected chi connectivity index (χ3v) is 6.03. The van der Waals surface area contributed by atoms with Crippen molar-refractivity contribution in [3.05, 3.63) is 89.5 Å². The van der Waals surface area contributed by atoms with Gasteiger partial charge in [-0.2, -0.15) is 5.10 Å². The molecule has 0 aromatic heterocycles. The number of carbonyl (C=O) groups excluding carboxylic acids is 1.